The average molecular weight is 213 g/mol. The Labute approximate surface area is 90.4 Å². The van der Waals surface area contributed by atoms with E-state index in [1.54, 1.807) is 34.7 Å². The molecule has 0 bridgehead atoms. The van der Waals surface area contributed by atoms with Crippen LogP contribution in [-0.4, -0.2) is 24.5 Å². The number of hydrogen-bond acceptors (Lipinski definition) is 4. The molecule has 0 spiro atoms. The summed E-state index contributed by atoms with van der Waals surface area (Å²) in [6, 6.07) is 0. The number of ether oxygens (including phenoxy) is 1. The van der Waals surface area contributed by atoms with Crippen LogP contribution in [0.2, 0.25) is 0 Å². The maximum Gasteiger partial charge on any atom is 0.412 e. The zero-order valence-corrected chi connectivity index (χ0v) is 9.92. The molecule has 0 aliphatic rings. The lowest BCUT2D eigenvalue weighted by Gasteiger charge is -2.20. The van der Waals surface area contributed by atoms with Gasteiger partial charge in [-0.3, -0.25) is 10.3 Å². The van der Waals surface area contributed by atoms with E-state index in [9.17, 15) is 4.79 Å². The SMILES string of the molecule is CN=C(C)C(=CN)NC(=O)OC(C)(C)C. The Kier molecular flexibility index (Phi) is 4.84. The summed E-state index contributed by atoms with van der Waals surface area (Å²) < 4.78 is 5.06. The summed E-state index contributed by atoms with van der Waals surface area (Å²) in [7, 11) is 1.62. The second kappa shape index (κ2) is 5.38. The molecule has 1 amide bonds. The fourth-order valence-corrected chi connectivity index (χ4v) is 0.787. The molecule has 15 heavy (non-hydrogen) atoms. The van der Waals surface area contributed by atoms with Gasteiger partial charge in [-0.1, -0.05) is 0 Å². The number of nitrogens with one attached hydrogen (secondary N) is 1. The van der Waals surface area contributed by atoms with Crippen LogP contribution in [0.3, 0.4) is 0 Å². The van der Waals surface area contributed by atoms with E-state index in [4.69, 9.17) is 10.5 Å². The van der Waals surface area contributed by atoms with Crippen molar-refractivity contribution >= 4 is 11.8 Å². The molecule has 0 saturated heterocycles. The predicted molar refractivity (Wildman–Crippen MR) is 60.7 cm³/mol. The lowest BCUT2D eigenvalue weighted by atomic mass is 10.2. The van der Waals surface area contributed by atoms with Crippen molar-refractivity contribution in [3.63, 3.8) is 0 Å². The Bertz CT molecular complexity index is 288. The molecule has 5 heteroatoms. The summed E-state index contributed by atoms with van der Waals surface area (Å²) in [6.07, 6.45) is 0.744. The number of amides is 1. The minimum Gasteiger partial charge on any atom is -0.444 e. The number of carbonyl (C=O) groups excluding carboxylic acids is 1. The van der Waals surface area contributed by atoms with Crippen LogP contribution in [0.5, 0.6) is 0 Å². The maximum absolute atomic E-state index is 11.4. The van der Waals surface area contributed by atoms with Crippen molar-refractivity contribution in [3.8, 4) is 0 Å². The minimum atomic E-state index is -0.540. The summed E-state index contributed by atoms with van der Waals surface area (Å²) in [5.74, 6) is 0. The molecule has 86 valence electrons. The van der Waals surface area contributed by atoms with Gasteiger partial charge in [0.15, 0.2) is 0 Å². The van der Waals surface area contributed by atoms with Crippen LogP contribution in [0.15, 0.2) is 16.9 Å². The average Bonchev–Trinajstić information content (AvgIpc) is 2.10. The Morgan fingerprint density at radius 1 is 1.47 bits per heavy atom. The lowest BCUT2D eigenvalue weighted by molar-refractivity contribution is 0.0549. The normalized spacial score (nSPS) is 13.7. The molecule has 0 aliphatic heterocycles. The molecule has 5 nitrogen and oxygen atoms in total. The van der Waals surface area contributed by atoms with Crippen molar-refractivity contribution < 1.29 is 9.53 Å². The van der Waals surface area contributed by atoms with Gasteiger partial charge in [-0.05, 0) is 27.7 Å². The Morgan fingerprint density at radius 2 is 2.00 bits per heavy atom. The van der Waals surface area contributed by atoms with E-state index in [-0.39, 0.29) is 0 Å². The second-order valence-electron chi connectivity index (χ2n) is 4.02. The third-order valence-electron chi connectivity index (χ3n) is 1.53. The molecule has 0 aromatic rings. The zero-order valence-electron chi connectivity index (χ0n) is 9.92. The highest BCUT2D eigenvalue weighted by atomic mass is 16.6. The molecule has 0 aliphatic carbocycles. The summed E-state index contributed by atoms with van der Waals surface area (Å²) >= 11 is 0. The van der Waals surface area contributed by atoms with Gasteiger partial charge in [0.25, 0.3) is 0 Å². The molecule has 0 rings (SSSR count). The highest BCUT2D eigenvalue weighted by Crippen LogP contribution is 2.07. The molecule has 0 fully saturated rings. The number of nitrogens with two attached hydrogens (primary N) is 1. The molecule has 0 aromatic carbocycles. The summed E-state index contributed by atoms with van der Waals surface area (Å²) in [4.78, 5) is 15.3. The molecule has 0 heterocycles. The smallest absolute Gasteiger partial charge is 0.412 e. The van der Waals surface area contributed by atoms with Gasteiger partial charge in [0.2, 0.25) is 0 Å². The third-order valence-corrected chi connectivity index (χ3v) is 1.53. The molecule has 3 N–H and O–H groups in total. The largest absolute Gasteiger partial charge is 0.444 e. The first kappa shape index (κ1) is 13.5. The van der Waals surface area contributed by atoms with E-state index in [1.165, 1.54) is 6.20 Å². The van der Waals surface area contributed by atoms with Crippen molar-refractivity contribution in [2.24, 2.45) is 10.7 Å². The Hall–Kier alpha value is -1.52. The zero-order chi connectivity index (χ0) is 12.1. The van der Waals surface area contributed by atoms with Crippen molar-refractivity contribution in [3.05, 3.63) is 11.9 Å². The fraction of sp³-hybridized carbons (Fsp3) is 0.600. The number of hydrogen-bond donors (Lipinski definition) is 2. The molecular formula is C10H19N3O2. The van der Waals surface area contributed by atoms with Crippen LogP contribution in [-0.2, 0) is 4.74 Å². The molecule has 0 radical (unpaired) electrons. The van der Waals surface area contributed by atoms with Gasteiger partial charge in [0.1, 0.15) is 5.60 Å². The van der Waals surface area contributed by atoms with E-state index < -0.39 is 11.7 Å². The second-order valence-corrected chi connectivity index (χ2v) is 4.02. The highest BCUT2D eigenvalue weighted by molar-refractivity contribution is 6.00. The lowest BCUT2D eigenvalue weighted by Crippen LogP contribution is -2.34. The first-order chi connectivity index (χ1) is 6.80. The first-order valence-corrected chi connectivity index (χ1v) is 4.66. The van der Waals surface area contributed by atoms with Gasteiger partial charge in [0, 0.05) is 13.2 Å². The minimum absolute atomic E-state index is 0.451. The van der Waals surface area contributed by atoms with Gasteiger partial charge in [0.05, 0.1) is 11.4 Å². The topological polar surface area (TPSA) is 76.7 Å². The fourth-order valence-electron chi connectivity index (χ4n) is 0.787. The van der Waals surface area contributed by atoms with Crippen LogP contribution in [0.4, 0.5) is 4.79 Å². The van der Waals surface area contributed by atoms with Gasteiger partial charge in [-0.15, -0.1) is 0 Å². The third kappa shape index (κ3) is 5.72. The van der Waals surface area contributed by atoms with Crippen LogP contribution in [0.25, 0.3) is 0 Å². The summed E-state index contributed by atoms with van der Waals surface area (Å²) in [6.45, 7) is 7.12. The van der Waals surface area contributed by atoms with Crippen molar-refractivity contribution in [1.29, 1.82) is 0 Å². The molecule has 0 aromatic heterocycles. The predicted octanol–water partition coefficient (Wildman–Crippen LogP) is 1.40. The van der Waals surface area contributed by atoms with Gasteiger partial charge < -0.3 is 10.5 Å². The van der Waals surface area contributed by atoms with E-state index in [1.807, 2.05) is 0 Å². The Morgan fingerprint density at radius 3 is 2.33 bits per heavy atom. The van der Waals surface area contributed by atoms with Crippen LogP contribution in [0.1, 0.15) is 27.7 Å². The summed E-state index contributed by atoms with van der Waals surface area (Å²) in [5, 5.41) is 2.52. The van der Waals surface area contributed by atoms with Crippen LogP contribution in [0, 0.1) is 0 Å². The van der Waals surface area contributed by atoms with Crippen LogP contribution >= 0.6 is 0 Å². The molecule has 0 saturated carbocycles. The van der Waals surface area contributed by atoms with E-state index in [0.717, 1.165) is 0 Å². The number of rotatable bonds is 2. The summed E-state index contributed by atoms with van der Waals surface area (Å²) in [5.41, 5.74) is 5.91. The van der Waals surface area contributed by atoms with Crippen molar-refractivity contribution in [2.75, 3.05) is 7.05 Å². The van der Waals surface area contributed by atoms with Crippen molar-refractivity contribution in [1.82, 2.24) is 5.32 Å². The van der Waals surface area contributed by atoms with Gasteiger partial charge >= 0.3 is 6.09 Å². The number of alkyl carbamates (subject to hydrolysis) is 1. The van der Waals surface area contributed by atoms with E-state index in [2.05, 4.69) is 10.3 Å². The molecule has 0 atom stereocenters. The number of allylic oxidation sites excluding steroid dienone is 1. The van der Waals surface area contributed by atoms with Gasteiger partial charge in [-0.2, -0.15) is 0 Å². The van der Waals surface area contributed by atoms with Gasteiger partial charge in [-0.25, -0.2) is 4.79 Å². The van der Waals surface area contributed by atoms with E-state index >= 15 is 0 Å². The monoisotopic (exact) mass is 213 g/mol. The number of aliphatic imine (C=N–C) groups is 1. The first-order valence-electron chi connectivity index (χ1n) is 4.66. The van der Waals surface area contributed by atoms with Crippen LogP contribution < -0.4 is 11.1 Å². The number of carbonyl (C=O) groups is 1. The molecular weight excluding hydrogens is 194 g/mol. The quantitative estimate of drug-likeness (QED) is 0.681. The van der Waals surface area contributed by atoms with E-state index in [0.29, 0.717) is 11.4 Å². The maximum atomic E-state index is 11.4. The number of nitrogens with zero attached hydrogens (tertiary/aromatic N) is 1. The highest BCUT2D eigenvalue weighted by Gasteiger charge is 2.17. The standard InChI is InChI=1S/C10H19N3O2/c1-7(12-5)8(6-11)13-9(14)15-10(2,3)4/h6H,11H2,1-5H3,(H,13,14). The Balaban J connectivity index is 4.41. The van der Waals surface area contributed by atoms with Crippen molar-refractivity contribution in [2.45, 2.75) is 33.3 Å². The molecule has 0 unspecified atom stereocenters.